The maximum Gasteiger partial charge on any atom is 0.162 e. The van der Waals surface area contributed by atoms with E-state index in [4.69, 9.17) is 10.6 Å². The molecule has 1 rings (SSSR count). The highest BCUT2D eigenvalue weighted by molar-refractivity contribution is 5.96. The summed E-state index contributed by atoms with van der Waals surface area (Å²) in [5.41, 5.74) is 9.85. The highest BCUT2D eigenvalue weighted by atomic mass is 16.2. The quantitative estimate of drug-likeness (QED) is 0.230. The number of azide groups is 1. The average Bonchev–Trinajstić information content (AvgIpc) is 2.49. The minimum atomic E-state index is 0.155. The molecule has 5 nitrogen and oxygen atoms in total. The zero-order valence-corrected chi connectivity index (χ0v) is 11.7. The van der Waals surface area contributed by atoms with E-state index in [-0.39, 0.29) is 12.4 Å². The van der Waals surface area contributed by atoms with Crippen molar-refractivity contribution in [2.45, 2.75) is 45.1 Å². The third-order valence-electron chi connectivity index (χ3n) is 3.15. The molecule has 1 aromatic carbocycles. The SMILES string of the molecule is [N-]=[N+]=NCc1ccc(C(=O)CCCCCCCO)cc1. The second-order valence-electron chi connectivity index (χ2n) is 4.75. The molecule has 0 spiro atoms. The molecule has 0 aliphatic rings. The standard InChI is InChI=1S/C15H21N3O2/c16-18-17-12-13-7-9-14(10-8-13)15(20)6-4-2-1-3-5-11-19/h7-10,19H,1-6,11-12H2. The largest absolute Gasteiger partial charge is 0.396 e. The van der Waals surface area contributed by atoms with Gasteiger partial charge in [-0.25, -0.2) is 0 Å². The molecule has 0 unspecified atom stereocenters. The maximum absolute atomic E-state index is 11.9. The molecule has 108 valence electrons. The molecular weight excluding hydrogens is 254 g/mol. The highest BCUT2D eigenvalue weighted by Crippen LogP contribution is 2.12. The second kappa shape index (κ2) is 10.0. The van der Waals surface area contributed by atoms with Gasteiger partial charge < -0.3 is 5.11 Å². The fourth-order valence-corrected chi connectivity index (χ4v) is 1.98. The molecule has 0 saturated heterocycles. The minimum absolute atomic E-state index is 0.155. The Kier molecular flexibility index (Phi) is 8.11. The molecule has 0 bridgehead atoms. The number of carbonyl (C=O) groups excluding carboxylic acids is 1. The van der Waals surface area contributed by atoms with Crippen molar-refractivity contribution in [2.24, 2.45) is 5.11 Å². The summed E-state index contributed by atoms with van der Waals surface area (Å²) in [6.07, 6.45) is 5.43. The van der Waals surface area contributed by atoms with Crippen LogP contribution in [-0.4, -0.2) is 17.5 Å². The third-order valence-corrected chi connectivity index (χ3v) is 3.15. The number of aliphatic hydroxyl groups excluding tert-OH is 1. The first kappa shape index (κ1) is 16.2. The summed E-state index contributed by atoms with van der Waals surface area (Å²) in [7, 11) is 0. The van der Waals surface area contributed by atoms with Crippen LogP contribution in [0.4, 0.5) is 0 Å². The van der Waals surface area contributed by atoms with Gasteiger partial charge in [-0.1, -0.05) is 48.6 Å². The van der Waals surface area contributed by atoms with Crippen LogP contribution in [0, 0.1) is 0 Å². The summed E-state index contributed by atoms with van der Waals surface area (Å²) in [6.45, 7) is 0.566. The van der Waals surface area contributed by atoms with Crippen molar-refractivity contribution in [1.82, 2.24) is 0 Å². The van der Waals surface area contributed by atoms with Gasteiger partial charge in [-0.3, -0.25) is 4.79 Å². The van der Waals surface area contributed by atoms with Crippen LogP contribution in [0.1, 0.15) is 54.4 Å². The number of aliphatic hydroxyl groups is 1. The Morgan fingerprint density at radius 3 is 2.40 bits per heavy atom. The van der Waals surface area contributed by atoms with Gasteiger partial charge in [-0.2, -0.15) is 0 Å². The van der Waals surface area contributed by atoms with E-state index in [2.05, 4.69) is 10.0 Å². The van der Waals surface area contributed by atoms with Gasteiger partial charge in [0.2, 0.25) is 0 Å². The summed E-state index contributed by atoms with van der Waals surface area (Å²) >= 11 is 0. The summed E-state index contributed by atoms with van der Waals surface area (Å²) in [5.74, 6) is 0.155. The van der Waals surface area contributed by atoms with E-state index in [9.17, 15) is 4.79 Å². The molecule has 0 aliphatic heterocycles. The zero-order valence-electron chi connectivity index (χ0n) is 11.7. The van der Waals surface area contributed by atoms with Gasteiger partial charge in [0.1, 0.15) is 0 Å². The van der Waals surface area contributed by atoms with E-state index >= 15 is 0 Å². The molecule has 1 aromatic rings. The smallest absolute Gasteiger partial charge is 0.162 e. The molecule has 1 N–H and O–H groups in total. The van der Waals surface area contributed by atoms with Crippen molar-refractivity contribution in [3.63, 3.8) is 0 Å². The zero-order chi connectivity index (χ0) is 14.6. The minimum Gasteiger partial charge on any atom is -0.396 e. The van der Waals surface area contributed by atoms with Crippen LogP contribution in [0.15, 0.2) is 29.4 Å². The molecule has 0 radical (unpaired) electrons. The fraction of sp³-hybridized carbons (Fsp3) is 0.533. The van der Waals surface area contributed by atoms with Crippen LogP contribution in [0.25, 0.3) is 10.4 Å². The molecule has 0 amide bonds. The van der Waals surface area contributed by atoms with Gasteiger partial charge in [-0.15, -0.1) is 0 Å². The number of unbranched alkanes of at least 4 members (excludes halogenated alkanes) is 4. The third kappa shape index (κ3) is 6.36. The topological polar surface area (TPSA) is 86.1 Å². The first-order chi connectivity index (χ1) is 9.77. The van der Waals surface area contributed by atoms with Gasteiger partial charge in [0.05, 0.1) is 6.54 Å². The molecule has 0 heterocycles. The Bertz CT molecular complexity index is 451. The Morgan fingerprint density at radius 1 is 1.10 bits per heavy atom. The first-order valence-electron chi connectivity index (χ1n) is 7.02. The Labute approximate surface area is 119 Å². The normalized spacial score (nSPS) is 10.1. The van der Waals surface area contributed by atoms with E-state index in [1.54, 1.807) is 12.1 Å². The predicted octanol–water partition coefficient (Wildman–Crippen LogP) is 4.01. The molecular formula is C15H21N3O2. The number of carbonyl (C=O) groups is 1. The number of ketones is 1. The molecule has 0 saturated carbocycles. The maximum atomic E-state index is 11.9. The van der Waals surface area contributed by atoms with Gasteiger partial charge in [0, 0.05) is 23.5 Å². The van der Waals surface area contributed by atoms with Gasteiger partial charge in [0.25, 0.3) is 0 Å². The van der Waals surface area contributed by atoms with Crippen molar-refractivity contribution < 1.29 is 9.90 Å². The lowest BCUT2D eigenvalue weighted by molar-refractivity contribution is 0.0979. The number of nitrogens with zero attached hydrogens (tertiary/aromatic N) is 3. The number of hydrogen-bond acceptors (Lipinski definition) is 3. The number of benzene rings is 1. The lowest BCUT2D eigenvalue weighted by atomic mass is 10.0. The molecule has 0 fully saturated rings. The summed E-state index contributed by atoms with van der Waals surface area (Å²) in [4.78, 5) is 14.6. The van der Waals surface area contributed by atoms with Gasteiger partial charge >= 0.3 is 0 Å². The highest BCUT2D eigenvalue weighted by Gasteiger charge is 2.05. The van der Waals surface area contributed by atoms with Gasteiger partial charge in [0.15, 0.2) is 5.78 Å². The molecule has 0 atom stereocenters. The van der Waals surface area contributed by atoms with E-state index in [1.807, 2.05) is 12.1 Å². The van der Waals surface area contributed by atoms with Crippen molar-refractivity contribution in [3.05, 3.63) is 45.8 Å². The Hall–Kier alpha value is -1.84. The average molecular weight is 275 g/mol. The summed E-state index contributed by atoms with van der Waals surface area (Å²) < 4.78 is 0. The van der Waals surface area contributed by atoms with E-state index in [1.165, 1.54) is 0 Å². The van der Waals surface area contributed by atoms with Crippen LogP contribution < -0.4 is 0 Å². The lowest BCUT2D eigenvalue weighted by Gasteiger charge is -2.03. The van der Waals surface area contributed by atoms with Crippen molar-refractivity contribution in [3.8, 4) is 0 Å². The van der Waals surface area contributed by atoms with Crippen molar-refractivity contribution in [2.75, 3.05) is 6.61 Å². The van der Waals surface area contributed by atoms with Crippen molar-refractivity contribution >= 4 is 5.78 Å². The van der Waals surface area contributed by atoms with Crippen LogP contribution in [-0.2, 0) is 6.54 Å². The van der Waals surface area contributed by atoms with Crippen LogP contribution in [0.3, 0.4) is 0 Å². The summed E-state index contributed by atoms with van der Waals surface area (Å²) in [6, 6.07) is 7.22. The predicted molar refractivity (Wildman–Crippen MR) is 78.4 cm³/mol. The number of Topliss-reactive ketones (excluding diaryl/α,β-unsaturated/α-hetero) is 1. The first-order valence-corrected chi connectivity index (χ1v) is 7.02. The van der Waals surface area contributed by atoms with E-state index < -0.39 is 0 Å². The van der Waals surface area contributed by atoms with Gasteiger partial charge in [-0.05, 0) is 23.9 Å². The van der Waals surface area contributed by atoms with Crippen LogP contribution >= 0.6 is 0 Å². The fourth-order valence-electron chi connectivity index (χ4n) is 1.98. The number of rotatable bonds is 10. The number of hydrogen-bond donors (Lipinski definition) is 1. The monoisotopic (exact) mass is 275 g/mol. The van der Waals surface area contributed by atoms with Crippen LogP contribution in [0.5, 0.6) is 0 Å². The lowest BCUT2D eigenvalue weighted by Crippen LogP contribution is -1.99. The molecule has 20 heavy (non-hydrogen) atoms. The molecule has 5 heteroatoms. The van der Waals surface area contributed by atoms with E-state index in [0.29, 0.717) is 18.5 Å². The Morgan fingerprint density at radius 2 is 1.75 bits per heavy atom. The molecule has 0 aliphatic carbocycles. The second-order valence-corrected chi connectivity index (χ2v) is 4.75. The van der Waals surface area contributed by atoms with Crippen LogP contribution in [0.2, 0.25) is 0 Å². The van der Waals surface area contributed by atoms with Crippen molar-refractivity contribution in [1.29, 1.82) is 0 Å². The van der Waals surface area contributed by atoms with E-state index in [0.717, 1.165) is 37.7 Å². The molecule has 0 aromatic heterocycles. The summed E-state index contributed by atoms with van der Waals surface area (Å²) in [5, 5.41) is 12.1. The Balaban J connectivity index is 2.30.